The van der Waals surface area contributed by atoms with Gasteiger partial charge >= 0.3 is 0 Å². The van der Waals surface area contributed by atoms with E-state index in [4.69, 9.17) is 10.2 Å². The first kappa shape index (κ1) is 10.2. The highest BCUT2D eigenvalue weighted by Crippen LogP contribution is 2.35. The lowest BCUT2D eigenvalue weighted by Gasteiger charge is -2.01. The van der Waals surface area contributed by atoms with Crippen molar-refractivity contribution in [3.05, 3.63) is 23.8 Å². The molecule has 0 aliphatic rings. The zero-order valence-corrected chi connectivity index (χ0v) is 9.76. The highest BCUT2D eigenvalue weighted by molar-refractivity contribution is 7.99. The number of nitrogens with two attached hydrogens (primary N) is 1. The highest BCUT2D eigenvalue weighted by atomic mass is 32.2. The Kier molecular flexibility index (Phi) is 2.48. The summed E-state index contributed by atoms with van der Waals surface area (Å²) in [6.07, 6.45) is 1.68. The molecule has 0 bridgehead atoms. The molecule has 0 saturated heterocycles. The first-order valence-electron chi connectivity index (χ1n) is 4.60. The van der Waals surface area contributed by atoms with E-state index in [1.165, 1.54) is 0 Å². The van der Waals surface area contributed by atoms with Crippen LogP contribution in [0.2, 0.25) is 0 Å². The Morgan fingerprint density at radius 2 is 2.20 bits per heavy atom. The van der Waals surface area contributed by atoms with Gasteiger partial charge in [-0.15, -0.1) is 0 Å². The fraction of sp³-hybridized carbons (Fsp3) is 0.300. The number of aryl methyl sites for hydroxylation is 3. The second-order valence-electron chi connectivity index (χ2n) is 3.37. The number of furan rings is 1. The molecule has 0 aromatic carbocycles. The summed E-state index contributed by atoms with van der Waals surface area (Å²) in [5, 5.41) is 5.22. The van der Waals surface area contributed by atoms with Crippen molar-refractivity contribution in [2.24, 2.45) is 7.05 Å². The Bertz CT molecular complexity index is 487. The van der Waals surface area contributed by atoms with Crippen molar-refractivity contribution in [3.63, 3.8) is 0 Å². The molecule has 0 radical (unpaired) electrons. The van der Waals surface area contributed by atoms with E-state index in [1.54, 1.807) is 22.7 Å². The number of hydrogen-bond acceptors (Lipinski definition) is 4. The lowest BCUT2D eigenvalue weighted by atomic mass is 10.4. The van der Waals surface area contributed by atoms with Gasteiger partial charge < -0.3 is 10.2 Å². The Balaban J connectivity index is 2.36. The van der Waals surface area contributed by atoms with Gasteiger partial charge in [0.05, 0.1) is 22.5 Å². The van der Waals surface area contributed by atoms with Gasteiger partial charge in [-0.05, 0) is 19.9 Å². The molecule has 0 amide bonds. The van der Waals surface area contributed by atoms with Gasteiger partial charge in [0.2, 0.25) is 0 Å². The monoisotopic (exact) mass is 223 g/mol. The number of aromatic nitrogens is 2. The molecule has 2 aromatic rings. The Hall–Kier alpha value is -1.36. The van der Waals surface area contributed by atoms with Crippen molar-refractivity contribution in [1.29, 1.82) is 0 Å². The number of rotatable bonds is 2. The number of nitrogen functional groups attached to an aromatic ring is 1. The summed E-state index contributed by atoms with van der Waals surface area (Å²) < 4.78 is 7.03. The largest absolute Gasteiger partial charge is 0.468 e. The Morgan fingerprint density at radius 3 is 2.67 bits per heavy atom. The van der Waals surface area contributed by atoms with E-state index in [0.717, 1.165) is 27.1 Å². The zero-order chi connectivity index (χ0) is 11.0. The Morgan fingerprint density at radius 1 is 1.47 bits per heavy atom. The van der Waals surface area contributed by atoms with Crippen LogP contribution >= 0.6 is 11.8 Å². The molecule has 5 heteroatoms. The minimum absolute atomic E-state index is 0.739. The first-order chi connectivity index (χ1) is 7.09. The van der Waals surface area contributed by atoms with E-state index < -0.39 is 0 Å². The van der Waals surface area contributed by atoms with E-state index >= 15 is 0 Å². The van der Waals surface area contributed by atoms with Crippen LogP contribution in [0.15, 0.2) is 26.7 Å². The molecular weight excluding hydrogens is 210 g/mol. The molecule has 80 valence electrons. The van der Waals surface area contributed by atoms with Gasteiger partial charge in [-0.3, -0.25) is 4.68 Å². The third kappa shape index (κ3) is 1.74. The second-order valence-corrected chi connectivity index (χ2v) is 4.40. The minimum atomic E-state index is 0.739. The molecule has 2 aromatic heterocycles. The molecule has 4 nitrogen and oxygen atoms in total. The maximum atomic E-state index is 5.94. The van der Waals surface area contributed by atoms with Crippen LogP contribution in [0.25, 0.3) is 0 Å². The molecular formula is C10H13N3OS. The minimum Gasteiger partial charge on any atom is -0.468 e. The van der Waals surface area contributed by atoms with Crippen LogP contribution in [0.3, 0.4) is 0 Å². The van der Waals surface area contributed by atoms with Crippen LogP contribution in [-0.4, -0.2) is 9.78 Å². The third-order valence-electron chi connectivity index (χ3n) is 2.23. The van der Waals surface area contributed by atoms with Gasteiger partial charge in [0.1, 0.15) is 10.8 Å². The van der Waals surface area contributed by atoms with Crippen LogP contribution in [0.4, 0.5) is 5.69 Å². The van der Waals surface area contributed by atoms with E-state index in [9.17, 15) is 0 Å². The van der Waals surface area contributed by atoms with Crippen LogP contribution in [-0.2, 0) is 7.05 Å². The average Bonchev–Trinajstić information content (AvgIpc) is 2.67. The number of hydrogen-bond donors (Lipinski definition) is 1. The first-order valence-corrected chi connectivity index (χ1v) is 5.42. The van der Waals surface area contributed by atoms with Crippen molar-refractivity contribution in [2.75, 3.05) is 5.73 Å². The molecule has 0 aliphatic heterocycles. The van der Waals surface area contributed by atoms with Gasteiger partial charge in [-0.2, -0.15) is 5.10 Å². The van der Waals surface area contributed by atoms with Crippen molar-refractivity contribution in [2.45, 2.75) is 23.8 Å². The predicted molar refractivity (Wildman–Crippen MR) is 59.9 cm³/mol. The van der Waals surface area contributed by atoms with Crippen molar-refractivity contribution >= 4 is 17.4 Å². The van der Waals surface area contributed by atoms with Gasteiger partial charge in [0, 0.05) is 7.05 Å². The van der Waals surface area contributed by atoms with E-state index in [2.05, 4.69) is 5.10 Å². The third-order valence-corrected chi connectivity index (χ3v) is 3.55. The Labute approximate surface area is 92.4 Å². The molecule has 0 fully saturated rings. The fourth-order valence-electron chi connectivity index (χ4n) is 1.36. The van der Waals surface area contributed by atoms with Crippen LogP contribution in [0.5, 0.6) is 0 Å². The molecule has 0 atom stereocenters. The van der Waals surface area contributed by atoms with Crippen LogP contribution in [0.1, 0.15) is 11.5 Å². The van der Waals surface area contributed by atoms with Gasteiger partial charge in [0.15, 0.2) is 0 Å². The molecule has 15 heavy (non-hydrogen) atoms. The number of nitrogens with zero attached hydrogens (tertiary/aromatic N) is 2. The summed E-state index contributed by atoms with van der Waals surface area (Å²) in [7, 11) is 1.89. The summed E-state index contributed by atoms with van der Waals surface area (Å²) in [5.41, 5.74) is 7.54. The molecule has 0 spiro atoms. The quantitative estimate of drug-likeness (QED) is 0.849. The molecule has 2 N–H and O–H groups in total. The van der Waals surface area contributed by atoms with Gasteiger partial charge in [-0.1, -0.05) is 11.8 Å². The summed E-state index contributed by atoms with van der Waals surface area (Å²) in [5.74, 6) is 0.901. The topological polar surface area (TPSA) is 57.0 Å². The van der Waals surface area contributed by atoms with Gasteiger partial charge in [0.25, 0.3) is 0 Å². The van der Waals surface area contributed by atoms with E-state index in [1.807, 2.05) is 27.0 Å². The van der Waals surface area contributed by atoms with Crippen molar-refractivity contribution in [3.8, 4) is 0 Å². The summed E-state index contributed by atoms with van der Waals surface area (Å²) in [4.78, 5) is 1.07. The lowest BCUT2D eigenvalue weighted by Crippen LogP contribution is -1.93. The van der Waals surface area contributed by atoms with Gasteiger partial charge in [-0.25, -0.2) is 0 Å². The average molecular weight is 223 g/mol. The molecule has 0 saturated carbocycles. The van der Waals surface area contributed by atoms with Crippen LogP contribution < -0.4 is 5.73 Å². The molecule has 0 aliphatic carbocycles. The van der Waals surface area contributed by atoms with E-state index in [-0.39, 0.29) is 0 Å². The molecule has 2 heterocycles. The van der Waals surface area contributed by atoms with Crippen molar-refractivity contribution in [1.82, 2.24) is 9.78 Å². The van der Waals surface area contributed by atoms with Crippen molar-refractivity contribution < 1.29 is 4.42 Å². The van der Waals surface area contributed by atoms with Crippen LogP contribution in [0, 0.1) is 13.8 Å². The maximum Gasteiger partial charge on any atom is 0.122 e. The maximum absolute atomic E-state index is 5.94. The zero-order valence-electron chi connectivity index (χ0n) is 8.94. The highest BCUT2D eigenvalue weighted by Gasteiger charge is 2.13. The summed E-state index contributed by atoms with van der Waals surface area (Å²) in [6, 6.07) is 1.93. The number of anilines is 1. The van der Waals surface area contributed by atoms with E-state index in [0.29, 0.717) is 0 Å². The summed E-state index contributed by atoms with van der Waals surface area (Å²) in [6.45, 7) is 3.84. The SMILES string of the molecule is Cc1nn(C)c(Sc2ccoc2C)c1N. The standard InChI is InChI=1S/C10H13N3OS/c1-6-9(11)10(13(3)12-6)15-8-4-5-14-7(8)2/h4-5H,11H2,1-3H3. The molecule has 0 unspecified atom stereocenters. The molecule has 2 rings (SSSR count). The normalized spacial score (nSPS) is 10.9. The lowest BCUT2D eigenvalue weighted by molar-refractivity contribution is 0.526. The summed E-state index contributed by atoms with van der Waals surface area (Å²) >= 11 is 1.58. The predicted octanol–water partition coefficient (Wildman–Crippen LogP) is 2.36. The second kappa shape index (κ2) is 3.66. The smallest absolute Gasteiger partial charge is 0.122 e. The fourth-order valence-corrected chi connectivity index (χ4v) is 2.31.